The molecule has 0 radical (unpaired) electrons. The van der Waals surface area contributed by atoms with Crippen molar-refractivity contribution in [2.45, 2.75) is 9.92 Å². The van der Waals surface area contributed by atoms with Crippen molar-refractivity contribution in [2.24, 2.45) is 0 Å². The number of fused-ring (bicyclic) bond motifs is 1. The largest absolute Gasteiger partial charge is 0.244 e. The van der Waals surface area contributed by atoms with Crippen LogP contribution in [-0.4, -0.2) is 13.4 Å². The van der Waals surface area contributed by atoms with E-state index in [1.54, 1.807) is 30.3 Å². The summed E-state index contributed by atoms with van der Waals surface area (Å²) in [6, 6.07) is 15.2. The second kappa shape index (κ2) is 4.89. The molecule has 0 saturated heterocycles. The Morgan fingerprint density at radius 3 is 2.55 bits per heavy atom. The fourth-order valence-corrected chi connectivity index (χ4v) is 3.74. The summed E-state index contributed by atoms with van der Waals surface area (Å²) in [6.07, 6.45) is 1.50. The number of aromatic nitrogens is 1. The number of benzene rings is 2. The van der Waals surface area contributed by atoms with Crippen LogP contribution in [-0.2, 0) is 9.84 Å². The summed E-state index contributed by atoms with van der Waals surface area (Å²) in [6.45, 7) is 0. The highest BCUT2D eigenvalue weighted by Crippen LogP contribution is 2.27. The van der Waals surface area contributed by atoms with Crippen molar-refractivity contribution in [2.75, 3.05) is 0 Å². The van der Waals surface area contributed by atoms with Crippen LogP contribution in [0.1, 0.15) is 0 Å². The monoisotopic (exact) mass is 303 g/mol. The molecular weight excluding hydrogens is 294 g/mol. The topological polar surface area (TPSA) is 47.0 Å². The fraction of sp³-hybridized carbons (Fsp3) is 0. The first-order chi connectivity index (χ1) is 9.59. The third-order valence-electron chi connectivity index (χ3n) is 3.00. The molecule has 3 nitrogen and oxygen atoms in total. The van der Waals surface area contributed by atoms with Crippen molar-refractivity contribution >= 4 is 32.2 Å². The Kier molecular flexibility index (Phi) is 3.20. The Bertz CT molecular complexity index is 886. The third-order valence-corrected chi connectivity index (χ3v) is 4.94. The zero-order valence-electron chi connectivity index (χ0n) is 10.3. The van der Waals surface area contributed by atoms with Crippen LogP contribution < -0.4 is 0 Å². The van der Waals surface area contributed by atoms with Gasteiger partial charge < -0.3 is 0 Å². The van der Waals surface area contributed by atoms with Crippen molar-refractivity contribution < 1.29 is 8.42 Å². The smallest absolute Gasteiger partial charge is 0.224 e. The van der Waals surface area contributed by atoms with Gasteiger partial charge in [0.15, 0.2) is 5.03 Å². The van der Waals surface area contributed by atoms with E-state index in [-0.39, 0.29) is 9.92 Å². The lowest BCUT2D eigenvalue weighted by Crippen LogP contribution is -2.05. The molecule has 0 aliphatic rings. The number of pyridine rings is 1. The Hall–Kier alpha value is -1.91. The molecule has 2 aromatic carbocycles. The predicted octanol–water partition coefficient (Wildman–Crippen LogP) is 3.72. The molecule has 0 atom stereocenters. The van der Waals surface area contributed by atoms with Crippen molar-refractivity contribution in [1.82, 2.24) is 4.98 Å². The summed E-state index contributed by atoms with van der Waals surface area (Å²) >= 11 is 5.87. The molecule has 20 heavy (non-hydrogen) atoms. The van der Waals surface area contributed by atoms with Gasteiger partial charge in [0, 0.05) is 16.6 Å². The van der Waals surface area contributed by atoms with Crippen molar-refractivity contribution in [3.8, 4) is 0 Å². The van der Waals surface area contributed by atoms with E-state index in [9.17, 15) is 8.42 Å². The van der Waals surface area contributed by atoms with Gasteiger partial charge in [-0.05, 0) is 29.7 Å². The van der Waals surface area contributed by atoms with Gasteiger partial charge in [0.25, 0.3) is 0 Å². The van der Waals surface area contributed by atoms with E-state index >= 15 is 0 Å². The van der Waals surface area contributed by atoms with Crippen LogP contribution >= 0.6 is 11.6 Å². The molecule has 0 amide bonds. The summed E-state index contributed by atoms with van der Waals surface area (Å²) in [5, 5.41) is 1.88. The summed E-state index contributed by atoms with van der Waals surface area (Å²) in [5.74, 6) is 0. The normalized spacial score (nSPS) is 11.7. The lowest BCUT2D eigenvalue weighted by molar-refractivity contribution is 0.593. The van der Waals surface area contributed by atoms with E-state index in [2.05, 4.69) is 4.98 Å². The lowest BCUT2D eigenvalue weighted by atomic mass is 10.2. The molecule has 0 spiro atoms. The Labute approximate surface area is 121 Å². The number of hydrogen-bond donors (Lipinski definition) is 0. The Morgan fingerprint density at radius 1 is 0.950 bits per heavy atom. The summed E-state index contributed by atoms with van der Waals surface area (Å²) in [5.41, 5.74) is 0. The number of halogens is 1. The summed E-state index contributed by atoms with van der Waals surface area (Å²) in [4.78, 5) is 4.20. The first kappa shape index (κ1) is 13.1. The molecular formula is C15H10ClNO2S. The number of rotatable bonds is 2. The maximum atomic E-state index is 12.7. The molecule has 0 aliphatic carbocycles. The van der Waals surface area contributed by atoms with Crippen LogP contribution in [0.3, 0.4) is 0 Å². The number of nitrogens with zero attached hydrogens (tertiary/aromatic N) is 1. The van der Waals surface area contributed by atoms with Crippen LogP contribution in [0.15, 0.2) is 70.7 Å². The third kappa shape index (κ3) is 2.17. The van der Waals surface area contributed by atoms with E-state index in [4.69, 9.17) is 11.6 Å². The van der Waals surface area contributed by atoms with Gasteiger partial charge in [-0.15, -0.1) is 0 Å². The van der Waals surface area contributed by atoms with Gasteiger partial charge in [0.2, 0.25) is 9.84 Å². The minimum atomic E-state index is -3.68. The Morgan fingerprint density at radius 2 is 1.75 bits per heavy atom. The van der Waals surface area contributed by atoms with Crippen molar-refractivity contribution in [3.05, 3.63) is 65.8 Å². The molecule has 0 saturated carbocycles. The highest BCUT2D eigenvalue weighted by atomic mass is 35.5. The Balaban J connectivity index is 2.30. The molecule has 5 heteroatoms. The first-order valence-corrected chi connectivity index (χ1v) is 7.79. The van der Waals surface area contributed by atoms with Crippen molar-refractivity contribution in [1.29, 1.82) is 0 Å². The SMILES string of the molecule is O=S(=O)(c1cccc(Cl)c1)c1nccc2ccccc12. The highest BCUT2D eigenvalue weighted by molar-refractivity contribution is 7.91. The van der Waals surface area contributed by atoms with Crippen molar-refractivity contribution in [3.63, 3.8) is 0 Å². The van der Waals surface area contributed by atoms with Gasteiger partial charge in [0.05, 0.1) is 4.90 Å². The molecule has 1 aromatic heterocycles. The second-order valence-electron chi connectivity index (χ2n) is 4.30. The lowest BCUT2D eigenvalue weighted by Gasteiger charge is -2.07. The predicted molar refractivity (Wildman–Crippen MR) is 78.6 cm³/mol. The molecule has 3 rings (SSSR count). The zero-order chi connectivity index (χ0) is 14.2. The maximum absolute atomic E-state index is 12.7. The second-order valence-corrected chi connectivity index (χ2v) is 6.60. The molecule has 0 fully saturated rings. The van der Waals surface area contributed by atoms with Crippen LogP contribution in [0.5, 0.6) is 0 Å². The molecule has 100 valence electrons. The molecule has 3 aromatic rings. The van der Waals surface area contributed by atoms with Gasteiger partial charge in [-0.2, -0.15) is 0 Å². The molecule has 0 aliphatic heterocycles. The summed E-state index contributed by atoms with van der Waals surface area (Å²) in [7, 11) is -3.68. The first-order valence-electron chi connectivity index (χ1n) is 5.93. The molecule has 0 bridgehead atoms. The average Bonchev–Trinajstić information content (AvgIpc) is 2.46. The minimum absolute atomic E-state index is 0.0536. The molecule has 0 N–H and O–H groups in total. The zero-order valence-corrected chi connectivity index (χ0v) is 11.9. The van der Waals surface area contributed by atoms with E-state index < -0.39 is 9.84 Å². The number of hydrogen-bond acceptors (Lipinski definition) is 3. The van der Waals surface area contributed by atoms with Crippen LogP contribution in [0.2, 0.25) is 5.02 Å². The van der Waals surface area contributed by atoms with E-state index in [1.807, 2.05) is 12.1 Å². The van der Waals surface area contributed by atoms with Crippen LogP contribution in [0.25, 0.3) is 10.8 Å². The summed E-state index contributed by atoms with van der Waals surface area (Å²) < 4.78 is 25.4. The highest BCUT2D eigenvalue weighted by Gasteiger charge is 2.21. The van der Waals surface area contributed by atoms with Gasteiger partial charge >= 0.3 is 0 Å². The number of sulfone groups is 1. The van der Waals surface area contributed by atoms with E-state index in [0.29, 0.717) is 10.4 Å². The van der Waals surface area contributed by atoms with E-state index in [1.165, 1.54) is 18.3 Å². The average molecular weight is 304 g/mol. The van der Waals surface area contributed by atoms with Gasteiger partial charge in [-0.1, -0.05) is 41.9 Å². The van der Waals surface area contributed by atoms with Gasteiger partial charge in [-0.25, -0.2) is 13.4 Å². The maximum Gasteiger partial charge on any atom is 0.224 e. The van der Waals surface area contributed by atoms with E-state index in [0.717, 1.165) is 5.39 Å². The van der Waals surface area contributed by atoms with Crippen LogP contribution in [0.4, 0.5) is 0 Å². The van der Waals surface area contributed by atoms with Gasteiger partial charge in [-0.3, -0.25) is 0 Å². The molecule has 1 heterocycles. The minimum Gasteiger partial charge on any atom is -0.244 e. The fourth-order valence-electron chi connectivity index (χ4n) is 2.05. The van der Waals surface area contributed by atoms with Crippen LogP contribution in [0, 0.1) is 0 Å². The quantitative estimate of drug-likeness (QED) is 0.725. The standard InChI is InChI=1S/C15H10ClNO2S/c16-12-5-3-6-13(10-12)20(18,19)15-14-7-2-1-4-11(14)8-9-17-15/h1-10H. The van der Waals surface area contributed by atoms with Gasteiger partial charge in [0.1, 0.15) is 0 Å². The molecule has 0 unspecified atom stereocenters.